The van der Waals surface area contributed by atoms with Gasteiger partial charge in [-0.05, 0) is 26.1 Å². The van der Waals surface area contributed by atoms with Crippen LogP contribution in [0.5, 0.6) is 0 Å². The first-order valence-electron chi connectivity index (χ1n) is 5.88. The van der Waals surface area contributed by atoms with Gasteiger partial charge < -0.3 is 9.64 Å². The molecule has 0 saturated carbocycles. The van der Waals surface area contributed by atoms with Crippen molar-refractivity contribution in [2.24, 2.45) is 0 Å². The van der Waals surface area contributed by atoms with Crippen LogP contribution in [0.2, 0.25) is 0 Å². The number of hydrogen-bond acceptors (Lipinski definition) is 4. The predicted molar refractivity (Wildman–Crippen MR) is 67.1 cm³/mol. The summed E-state index contributed by atoms with van der Waals surface area (Å²) in [6.07, 6.45) is 1.42. The molecule has 0 N–H and O–H groups in total. The van der Waals surface area contributed by atoms with E-state index in [1.54, 1.807) is 7.11 Å². The van der Waals surface area contributed by atoms with E-state index in [0.29, 0.717) is 25.3 Å². The molecule has 0 saturated heterocycles. The van der Waals surface area contributed by atoms with E-state index in [0.717, 1.165) is 6.20 Å². The van der Waals surface area contributed by atoms with Crippen LogP contribution >= 0.6 is 0 Å². The molecule has 100 valence electrons. The first-order chi connectivity index (χ1) is 8.54. The lowest BCUT2D eigenvalue weighted by Gasteiger charge is -2.23. The van der Waals surface area contributed by atoms with Crippen LogP contribution in [-0.4, -0.2) is 49.0 Å². The molecule has 0 aliphatic carbocycles. The van der Waals surface area contributed by atoms with Crippen LogP contribution in [0.3, 0.4) is 0 Å². The van der Waals surface area contributed by atoms with Crippen LogP contribution < -0.4 is 0 Å². The van der Waals surface area contributed by atoms with Crippen LogP contribution in [-0.2, 0) is 4.74 Å². The second-order valence-electron chi connectivity index (χ2n) is 4.32. The molecule has 0 fully saturated rings. The van der Waals surface area contributed by atoms with Gasteiger partial charge in [-0.2, -0.15) is 0 Å². The van der Waals surface area contributed by atoms with Gasteiger partial charge in [0.1, 0.15) is 11.5 Å². The molecule has 1 aromatic rings. The molecule has 1 atom stereocenters. The summed E-state index contributed by atoms with van der Waals surface area (Å²) >= 11 is 0. The topological polar surface area (TPSA) is 42.4 Å². The van der Waals surface area contributed by atoms with E-state index in [1.807, 2.05) is 18.9 Å². The zero-order valence-corrected chi connectivity index (χ0v) is 11.0. The van der Waals surface area contributed by atoms with Gasteiger partial charge in [0.25, 0.3) is 0 Å². The molecular formula is C13H19FN2O2. The molecule has 0 bridgehead atoms. The van der Waals surface area contributed by atoms with Crippen LogP contribution in [0.25, 0.3) is 0 Å². The number of methoxy groups -OCH3 is 1. The smallest absolute Gasteiger partial charge is 0.182 e. The molecule has 0 aliphatic rings. The van der Waals surface area contributed by atoms with Gasteiger partial charge in [-0.3, -0.25) is 9.78 Å². The second-order valence-corrected chi connectivity index (χ2v) is 4.32. The van der Waals surface area contributed by atoms with Gasteiger partial charge in [-0.15, -0.1) is 0 Å². The molecule has 0 radical (unpaired) electrons. The number of pyridine rings is 1. The van der Waals surface area contributed by atoms with E-state index in [4.69, 9.17) is 4.74 Å². The first kappa shape index (κ1) is 14.7. The summed E-state index contributed by atoms with van der Waals surface area (Å²) in [5.41, 5.74) is 0.309. The number of carbonyl (C=O) groups excluding carboxylic acids is 1. The van der Waals surface area contributed by atoms with Crippen molar-refractivity contribution in [3.8, 4) is 0 Å². The third kappa shape index (κ3) is 4.50. The maximum Gasteiger partial charge on any atom is 0.182 e. The Morgan fingerprint density at radius 2 is 2.28 bits per heavy atom. The summed E-state index contributed by atoms with van der Waals surface area (Å²) in [5, 5.41) is 0. The van der Waals surface area contributed by atoms with E-state index in [9.17, 15) is 9.18 Å². The van der Waals surface area contributed by atoms with Crippen molar-refractivity contribution in [2.75, 3.05) is 27.3 Å². The van der Waals surface area contributed by atoms with Crippen molar-refractivity contribution in [3.05, 3.63) is 29.8 Å². The van der Waals surface area contributed by atoms with Gasteiger partial charge in [-0.25, -0.2) is 4.39 Å². The first-order valence-corrected chi connectivity index (χ1v) is 5.88. The largest absolute Gasteiger partial charge is 0.383 e. The minimum atomic E-state index is -0.433. The Bertz CT molecular complexity index is 381. The van der Waals surface area contributed by atoms with Gasteiger partial charge in [0, 0.05) is 26.1 Å². The monoisotopic (exact) mass is 254 g/mol. The predicted octanol–water partition coefficient (Wildman–Crippen LogP) is 1.76. The molecule has 1 unspecified atom stereocenters. The van der Waals surface area contributed by atoms with E-state index in [2.05, 4.69) is 4.98 Å². The van der Waals surface area contributed by atoms with Crippen LogP contribution in [0.1, 0.15) is 23.8 Å². The molecule has 0 aromatic carbocycles. The highest BCUT2D eigenvalue weighted by molar-refractivity contribution is 5.94. The van der Waals surface area contributed by atoms with Crippen LogP contribution in [0, 0.1) is 5.82 Å². The molecule has 18 heavy (non-hydrogen) atoms. The number of ketones is 1. The van der Waals surface area contributed by atoms with Gasteiger partial charge in [0.2, 0.25) is 0 Å². The molecule has 4 nitrogen and oxygen atoms in total. The lowest BCUT2D eigenvalue weighted by molar-refractivity contribution is 0.0912. The molecule has 0 spiro atoms. The van der Waals surface area contributed by atoms with Crippen molar-refractivity contribution in [3.63, 3.8) is 0 Å². The quantitative estimate of drug-likeness (QED) is 0.695. The third-order valence-corrected chi connectivity index (χ3v) is 2.86. The Morgan fingerprint density at radius 3 is 2.83 bits per heavy atom. The lowest BCUT2D eigenvalue weighted by Crippen LogP contribution is -2.34. The highest BCUT2D eigenvalue weighted by Crippen LogP contribution is 2.04. The Hall–Kier alpha value is -1.33. The fourth-order valence-corrected chi connectivity index (χ4v) is 1.54. The van der Waals surface area contributed by atoms with Gasteiger partial charge in [-0.1, -0.05) is 0 Å². The minimum absolute atomic E-state index is 0.0773. The highest BCUT2D eigenvalue weighted by atomic mass is 19.1. The van der Waals surface area contributed by atoms with Crippen LogP contribution in [0.15, 0.2) is 18.3 Å². The van der Waals surface area contributed by atoms with Gasteiger partial charge in [0.05, 0.1) is 12.8 Å². The van der Waals surface area contributed by atoms with E-state index >= 15 is 0 Å². The summed E-state index contributed by atoms with van der Waals surface area (Å²) in [7, 11) is 3.59. The van der Waals surface area contributed by atoms with Gasteiger partial charge >= 0.3 is 0 Å². The number of Topliss-reactive ketones (excluding diaryl/α,β-unsaturated/α-hetero) is 1. The lowest BCUT2D eigenvalue weighted by atomic mass is 10.2. The van der Waals surface area contributed by atoms with Crippen LogP contribution in [0.4, 0.5) is 4.39 Å². The van der Waals surface area contributed by atoms with Crippen molar-refractivity contribution >= 4 is 5.78 Å². The summed E-state index contributed by atoms with van der Waals surface area (Å²) in [5.74, 6) is -0.510. The zero-order chi connectivity index (χ0) is 13.5. The Morgan fingerprint density at radius 1 is 1.56 bits per heavy atom. The average Bonchev–Trinajstić information content (AvgIpc) is 2.36. The zero-order valence-electron chi connectivity index (χ0n) is 11.0. The fourth-order valence-electron chi connectivity index (χ4n) is 1.54. The number of likely N-dealkylation sites (N-methyl/N-ethyl adjacent to an activating group) is 1. The standard InChI is InChI=1S/C13H19FN2O2/c1-10(9-18-3)16(2)7-6-13(17)12-5-4-11(14)8-15-12/h4-5,8,10H,6-7,9H2,1-3H3. The molecule has 1 aromatic heterocycles. The summed E-state index contributed by atoms with van der Waals surface area (Å²) in [4.78, 5) is 17.6. The molecule has 1 rings (SSSR count). The number of nitrogens with zero attached hydrogens (tertiary/aromatic N) is 2. The Kier molecular flexibility index (Phi) is 5.88. The minimum Gasteiger partial charge on any atom is -0.383 e. The number of rotatable bonds is 7. The molecule has 1 heterocycles. The average molecular weight is 254 g/mol. The number of carbonyl (C=O) groups is 1. The van der Waals surface area contributed by atoms with Crippen molar-refractivity contribution in [1.82, 2.24) is 9.88 Å². The highest BCUT2D eigenvalue weighted by Gasteiger charge is 2.12. The Labute approximate surface area is 107 Å². The second kappa shape index (κ2) is 7.18. The maximum absolute atomic E-state index is 12.7. The third-order valence-electron chi connectivity index (χ3n) is 2.86. The van der Waals surface area contributed by atoms with Crippen molar-refractivity contribution in [2.45, 2.75) is 19.4 Å². The summed E-state index contributed by atoms with van der Waals surface area (Å²) < 4.78 is 17.7. The van der Waals surface area contributed by atoms with E-state index in [1.165, 1.54) is 12.1 Å². The molecule has 5 heteroatoms. The normalized spacial score (nSPS) is 12.7. The number of aromatic nitrogens is 1. The van der Waals surface area contributed by atoms with E-state index in [-0.39, 0.29) is 11.8 Å². The molecular weight excluding hydrogens is 235 g/mol. The Balaban J connectivity index is 2.43. The number of ether oxygens (including phenoxy) is 1. The summed E-state index contributed by atoms with van der Waals surface area (Å²) in [6, 6.07) is 2.91. The maximum atomic E-state index is 12.7. The fraction of sp³-hybridized carbons (Fsp3) is 0.538. The van der Waals surface area contributed by atoms with E-state index < -0.39 is 5.82 Å². The SMILES string of the molecule is COCC(C)N(C)CCC(=O)c1ccc(F)cn1. The van der Waals surface area contributed by atoms with Gasteiger partial charge in [0.15, 0.2) is 5.78 Å². The molecule has 0 aliphatic heterocycles. The van der Waals surface area contributed by atoms with Crippen molar-refractivity contribution in [1.29, 1.82) is 0 Å². The number of halogens is 1. The molecule has 0 amide bonds. The van der Waals surface area contributed by atoms with Crippen molar-refractivity contribution < 1.29 is 13.9 Å². The number of hydrogen-bond donors (Lipinski definition) is 0. The summed E-state index contributed by atoms with van der Waals surface area (Å²) in [6.45, 7) is 3.28.